The maximum absolute atomic E-state index is 4.63. The summed E-state index contributed by atoms with van der Waals surface area (Å²) in [6, 6.07) is 4.33. The molecular weight excluding hydrogens is 390 g/mol. The van der Waals surface area contributed by atoms with E-state index in [9.17, 15) is 0 Å². The van der Waals surface area contributed by atoms with Crippen LogP contribution in [0, 0.1) is 5.41 Å². The van der Waals surface area contributed by atoms with Crippen molar-refractivity contribution in [1.29, 1.82) is 0 Å². The van der Waals surface area contributed by atoms with Crippen LogP contribution in [0.3, 0.4) is 0 Å². The monoisotopic (exact) mass is 419 g/mol. The average molecular weight is 420 g/mol. The van der Waals surface area contributed by atoms with E-state index in [1.165, 1.54) is 0 Å². The Morgan fingerprint density at radius 2 is 2.10 bits per heavy atom. The van der Waals surface area contributed by atoms with Gasteiger partial charge in [0.05, 0.1) is 23.6 Å². The van der Waals surface area contributed by atoms with E-state index in [1.54, 1.807) is 17.4 Å². The van der Waals surface area contributed by atoms with E-state index in [4.69, 9.17) is 0 Å². The number of nitrogens with one attached hydrogen (secondary N) is 2. The molecule has 1 fully saturated rings. The summed E-state index contributed by atoms with van der Waals surface area (Å²) >= 11 is 0. The SMILES string of the molecule is C=NN(/C=C\C)c1ccc(-c2cnc(N3CCNC(C(C)(C)C)C3)nn2)c2cn[nH]c12. The first-order chi connectivity index (χ1) is 14.9. The predicted molar refractivity (Wildman–Crippen MR) is 125 cm³/mol. The van der Waals surface area contributed by atoms with Crippen LogP contribution in [0.25, 0.3) is 22.2 Å². The van der Waals surface area contributed by atoms with Gasteiger partial charge in [-0.25, -0.2) is 9.99 Å². The number of hydrogen-bond donors (Lipinski definition) is 2. The topological polar surface area (TPSA) is 98.2 Å². The predicted octanol–water partition coefficient (Wildman–Crippen LogP) is 3.19. The van der Waals surface area contributed by atoms with E-state index >= 15 is 0 Å². The van der Waals surface area contributed by atoms with Gasteiger partial charge in [0.15, 0.2) is 0 Å². The third kappa shape index (κ3) is 4.13. The summed E-state index contributed by atoms with van der Waals surface area (Å²) in [5, 5.41) is 26.5. The Hall–Kier alpha value is -3.33. The van der Waals surface area contributed by atoms with Gasteiger partial charge in [-0.2, -0.15) is 10.2 Å². The Morgan fingerprint density at radius 3 is 2.77 bits per heavy atom. The van der Waals surface area contributed by atoms with Crippen molar-refractivity contribution in [1.82, 2.24) is 30.7 Å². The zero-order chi connectivity index (χ0) is 22.0. The van der Waals surface area contributed by atoms with Crippen LogP contribution < -0.4 is 15.2 Å². The molecule has 0 spiro atoms. The molecule has 0 amide bonds. The molecule has 1 atom stereocenters. The third-order valence-electron chi connectivity index (χ3n) is 5.61. The molecule has 0 aliphatic carbocycles. The molecule has 1 unspecified atom stereocenters. The van der Waals surface area contributed by atoms with E-state index in [-0.39, 0.29) is 5.41 Å². The number of anilines is 2. The summed E-state index contributed by atoms with van der Waals surface area (Å²) in [5.74, 6) is 0.662. The number of aromatic nitrogens is 5. The maximum atomic E-state index is 4.63. The van der Waals surface area contributed by atoms with Crippen molar-refractivity contribution in [2.75, 3.05) is 29.5 Å². The minimum atomic E-state index is 0.168. The Labute approximate surface area is 182 Å². The Bertz CT molecular complexity index is 1080. The normalized spacial score (nSPS) is 17.4. The lowest BCUT2D eigenvalue weighted by Gasteiger charge is -2.40. The summed E-state index contributed by atoms with van der Waals surface area (Å²) in [5.41, 5.74) is 3.49. The largest absolute Gasteiger partial charge is 0.337 e. The lowest BCUT2D eigenvalue weighted by atomic mass is 9.85. The second-order valence-corrected chi connectivity index (χ2v) is 8.72. The first-order valence-electron chi connectivity index (χ1n) is 10.5. The fraction of sp³-hybridized carbons (Fsp3) is 0.409. The minimum absolute atomic E-state index is 0.168. The van der Waals surface area contributed by atoms with Crippen LogP contribution in [0.4, 0.5) is 11.6 Å². The van der Waals surface area contributed by atoms with Crippen LogP contribution >= 0.6 is 0 Å². The van der Waals surface area contributed by atoms with Crippen molar-refractivity contribution in [2.24, 2.45) is 10.5 Å². The van der Waals surface area contributed by atoms with Gasteiger partial charge in [0.25, 0.3) is 0 Å². The van der Waals surface area contributed by atoms with E-state index in [1.807, 2.05) is 31.3 Å². The molecule has 2 aromatic heterocycles. The molecule has 1 saturated heterocycles. The highest BCUT2D eigenvalue weighted by molar-refractivity contribution is 6.00. The Balaban J connectivity index is 1.63. The molecule has 1 aliphatic rings. The van der Waals surface area contributed by atoms with E-state index in [0.29, 0.717) is 17.7 Å². The molecular formula is C22H29N9. The van der Waals surface area contributed by atoms with Gasteiger partial charge in [0, 0.05) is 49.5 Å². The molecule has 3 heterocycles. The summed E-state index contributed by atoms with van der Waals surface area (Å²) < 4.78 is 0. The van der Waals surface area contributed by atoms with Crippen LogP contribution in [0.5, 0.6) is 0 Å². The molecule has 9 nitrogen and oxygen atoms in total. The third-order valence-corrected chi connectivity index (χ3v) is 5.61. The van der Waals surface area contributed by atoms with Crippen molar-refractivity contribution in [2.45, 2.75) is 33.7 Å². The first-order valence-corrected chi connectivity index (χ1v) is 10.5. The fourth-order valence-electron chi connectivity index (χ4n) is 3.83. The maximum Gasteiger partial charge on any atom is 0.245 e. The van der Waals surface area contributed by atoms with Crippen molar-refractivity contribution in [3.8, 4) is 11.3 Å². The van der Waals surface area contributed by atoms with Gasteiger partial charge in [-0.15, -0.1) is 10.2 Å². The first kappa shape index (κ1) is 20.9. The molecule has 4 rings (SSSR count). The van der Waals surface area contributed by atoms with Crippen LogP contribution in [-0.4, -0.2) is 57.8 Å². The second kappa shape index (κ2) is 8.43. The lowest BCUT2D eigenvalue weighted by Crippen LogP contribution is -2.56. The molecule has 9 heteroatoms. The zero-order valence-electron chi connectivity index (χ0n) is 18.5. The Kier molecular flexibility index (Phi) is 5.69. The quantitative estimate of drug-likeness (QED) is 0.484. The zero-order valence-corrected chi connectivity index (χ0v) is 18.5. The van der Waals surface area contributed by atoms with Crippen molar-refractivity contribution < 1.29 is 0 Å². The van der Waals surface area contributed by atoms with Crippen molar-refractivity contribution in [3.63, 3.8) is 0 Å². The molecule has 162 valence electrons. The van der Waals surface area contributed by atoms with Crippen LogP contribution in [0.2, 0.25) is 0 Å². The number of H-pyrrole nitrogens is 1. The summed E-state index contributed by atoms with van der Waals surface area (Å²) in [6.45, 7) is 15.0. The summed E-state index contributed by atoms with van der Waals surface area (Å²) in [6.07, 6.45) is 7.31. The summed E-state index contributed by atoms with van der Waals surface area (Å²) in [4.78, 5) is 6.83. The van der Waals surface area contributed by atoms with Crippen LogP contribution in [-0.2, 0) is 0 Å². The summed E-state index contributed by atoms with van der Waals surface area (Å²) in [7, 11) is 0. The lowest BCUT2D eigenvalue weighted by molar-refractivity contribution is 0.252. The number of allylic oxidation sites excluding steroid dienone is 1. The van der Waals surface area contributed by atoms with Crippen LogP contribution in [0.1, 0.15) is 27.7 Å². The molecule has 2 N–H and O–H groups in total. The van der Waals surface area contributed by atoms with Gasteiger partial charge in [-0.3, -0.25) is 5.10 Å². The van der Waals surface area contributed by atoms with Gasteiger partial charge >= 0.3 is 0 Å². The van der Waals surface area contributed by atoms with Gasteiger partial charge in [-0.1, -0.05) is 26.8 Å². The molecule has 31 heavy (non-hydrogen) atoms. The Morgan fingerprint density at radius 1 is 1.26 bits per heavy atom. The fourth-order valence-corrected chi connectivity index (χ4v) is 3.83. The van der Waals surface area contributed by atoms with Gasteiger partial charge in [-0.05, 0) is 24.5 Å². The molecule has 1 aliphatic heterocycles. The van der Waals surface area contributed by atoms with Crippen molar-refractivity contribution >= 4 is 29.3 Å². The standard InChI is InChI=1S/C22H29N9/c1-6-10-31(23-5)18-8-7-15(16-12-26-28-20(16)18)17-13-25-21(29-27-17)30-11-9-24-19(14-30)22(2,3)4/h6-8,10,12-13,19,24H,5,9,11,14H2,1-4H3,(H,26,28)/b10-6-. The van der Waals surface area contributed by atoms with Gasteiger partial charge < -0.3 is 10.2 Å². The van der Waals surface area contributed by atoms with Gasteiger partial charge in [0.2, 0.25) is 5.95 Å². The van der Waals surface area contributed by atoms with Gasteiger partial charge in [0.1, 0.15) is 5.69 Å². The highest BCUT2D eigenvalue weighted by atomic mass is 15.4. The molecule has 1 aromatic carbocycles. The van der Waals surface area contributed by atoms with E-state index in [2.05, 4.69) is 68.2 Å². The highest BCUT2D eigenvalue weighted by Gasteiger charge is 2.30. The smallest absolute Gasteiger partial charge is 0.245 e. The molecule has 0 radical (unpaired) electrons. The number of piperazine rings is 1. The molecule has 0 bridgehead atoms. The number of fused-ring (bicyclic) bond motifs is 1. The average Bonchev–Trinajstić information content (AvgIpc) is 3.27. The number of hydrazone groups is 1. The molecule has 3 aromatic rings. The number of benzene rings is 1. The number of hydrogen-bond acceptors (Lipinski definition) is 8. The number of rotatable bonds is 5. The highest BCUT2D eigenvalue weighted by Crippen LogP contribution is 2.33. The van der Waals surface area contributed by atoms with Crippen LogP contribution in [0.15, 0.2) is 41.9 Å². The number of nitrogens with zero attached hydrogens (tertiary/aromatic N) is 7. The van der Waals surface area contributed by atoms with E-state index in [0.717, 1.165) is 41.8 Å². The van der Waals surface area contributed by atoms with Crippen molar-refractivity contribution in [3.05, 3.63) is 36.8 Å². The second-order valence-electron chi connectivity index (χ2n) is 8.72. The minimum Gasteiger partial charge on any atom is -0.337 e. The molecule has 0 saturated carbocycles. The number of aromatic amines is 1. The van der Waals surface area contributed by atoms with E-state index < -0.39 is 0 Å².